The third-order valence-corrected chi connectivity index (χ3v) is 4.28. The van der Waals surface area contributed by atoms with Crippen molar-refractivity contribution in [1.82, 2.24) is 10.6 Å². The van der Waals surface area contributed by atoms with E-state index in [-0.39, 0.29) is 6.09 Å². The number of rotatable bonds is 7. The monoisotopic (exact) mass is 326 g/mol. The fraction of sp³-hybridized carbons (Fsp3) is 0.706. The van der Waals surface area contributed by atoms with Crippen LogP contribution in [0.2, 0.25) is 0 Å². The van der Waals surface area contributed by atoms with E-state index in [0.29, 0.717) is 24.4 Å². The van der Waals surface area contributed by atoms with Crippen LogP contribution in [0.3, 0.4) is 0 Å². The summed E-state index contributed by atoms with van der Waals surface area (Å²) in [5, 5.41) is 10.7. The second-order valence-electron chi connectivity index (χ2n) is 7.07. The fourth-order valence-corrected chi connectivity index (χ4v) is 2.79. The quantitative estimate of drug-likeness (QED) is 0.789. The van der Waals surface area contributed by atoms with E-state index in [1.807, 2.05) is 20.8 Å². The van der Waals surface area contributed by atoms with Crippen LogP contribution < -0.4 is 10.6 Å². The van der Waals surface area contributed by atoms with Crippen LogP contribution in [0.1, 0.15) is 53.1 Å². The van der Waals surface area contributed by atoms with Gasteiger partial charge in [-0.15, -0.1) is 0 Å². The molecule has 0 aromatic carbocycles. The van der Waals surface area contributed by atoms with Crippen molar-refractivity contribution in [2.24, 2.45) is 11.8 Å². The van der Waals surface area contributed by atoms with Crippen LogP contribution in [0, 0.1) is 11.8 Å². The first kappa shape index (κ1) is 19.0. The number of hydrogen-bond donors (Lipinski definition) is 2. The number of carbonyl (C=O) groups is 1. The molecule has 0 spiro atoms. The normalized spacial score (nSPS) is 14.7. The van der Waals surface area contributed by atoms with Crippen LogP contribution in [0.25, 0.3) is 0 Å². The molecule has 0 radical (unpaired) electrons. The Bertz CT molecular complexity index is 438. The highest BCUT2D eigenvalue weighted by molar-refractivity contribution is 7.07. The highest BCUT2D eigenvalue weighted by Gasteiger charge is 2.19. The van der Waals surface area contributed by atoms with Crippen LogP contribution >= 0.6 is 11.3 Å². The third kappa shape index (κ3) is 7.27. The van der Waals surface area contributed by atoms with Crippen molar-refractivity contribution in [3.63, 3.8) is 0 Å². The zero-order chi connectivity index (χ0) is 16.8. The van der Waals surface area contributed by atoms with Gasteiger partial charge in [-0.05, 0) is 61.9 Å². The van der Waals surface area contributed by atoms with Crippen molar-refractivity contribution >= 4 is 17.4 Å². The van der Waals surface area contributed by atoms with Crippen molar-refractivity contribution in [2.45, 2.75) is 53.2 Å². The number of carbonyl (C=O) groups excluding carboxylic acids is 1. The molecule has 0 aliphatic heterocycles. The highest BCUT2D eigenvalue weighted by atomic mass is 32.1. The van der Waals surface area contributed by atoms with E-state index in [2.05, 4.69) is 48.2 Å². The van der Waals surface area contributed by atoms with Crippen LogP contribution in [0.5, 0.6) is 0 Å². The third-order valence-electron chi connectivity index (χ3n) is 3.58. The average molecular weight is 327 g/mol. The second-order valence-corrected chi connectivity index (χ2v) is 7.85. The maximum atomic E-state index is 11.8. The van der Waals surface area contributed by atoms with E-state index in [9.17, 15) is 4.79 Å². The van der Waals surface area contributed by atoms with E-state index < -0.39 is 5.60 Å². The Morgan fingerprint density at radius 3 is 2.45 bits per heavy atom. The van der Waals surface area contributed by atoms with Crippen LogP contribution in [-0.2, 0) is 4.74 Å². The number of amides is 1. The predicted molar refractivity (Wildman–Crippen MR) is 93.3 cm³/mol. The van der Waals surface area contributed by atoms with Gasteiger partial charge >= 0.3 is 6.09 Å². The van der Waals surface area contributed by atoms with Gasteiger partial charge in [-0.3, -0.25) is 0 Å². The molecule has 0 bridgehead atoms. The topological polar surface area (TPSA) is 50.4 Å². The van der Waals surface area contributed by atoms with Crippen molar-refractivity contribution < 1.29 is 9.53 Å². The minimum atomic E-state index is -0.455. The summed E-state index contributed by atoms with van der Waals surface area (Å²) in [7, 11) is 0. The number of ether oxygens (including phenoxy) is 1. The van der Waals surface area contributed by atoms with Gasteiger partial charge in [-0.1, -0.05) is 13.8 Å². The maximum absolute atomic E-state index is 11.8. The lowest BCUT2D eigenvalue weighted by Gasteiger charge is -2.25. The fourth-order valence-electron chi connectivity index (χ4n) is 2.04. The number of thiophene rings is 1. The van der Waals surface area contributed by atoms with Crippen molar-refractivity contribution in [2.75, 3.05) is 13.1 Å². The molecule has 2 atom stereocenters. The van der Waals surface area contributed by atoms with Gasteiger partial charge in [0.15, 0.2) is 0 Å². The summed E-state index contributed by atoms with van der Waals surface area (Å²) < 4.78 is 5.28. The molecule has 4 nitrogen and oxygen atoms in total. The summed E-state index contributed by atoms with van der Waals surface area (Å²) in [6, 6.07) is 2.47. The van der Waals surface area contributed by atoms with Gasteiger partial charge in [0, 0.05) is 19.1 Å². The van der Waals surface area contributed by atoms with Gasteiger partial charge in [-0.25, -0.2) is 4.79 Å². The molecule has 126 valence electrons. The highest BCUT2D eigenvalue weighted by Crippen LogP contribution is 2.17. The molecule has 2 N–H and O–H groups in total. The Balaban J connectivity index is 2.40. The zero-order valence-electron chi connectivity index (χ0n) is 14.6. The summed E-state index contributed by atoms with van der Waals surface area (Å²) in [5.41, 5.74) is 0.857. The predicted octanol–water partition coefficient (Wildman–Crippen LogP) is 4.20. The Kier molecular flexibility index (Phi) is 7.36. The second kappa shape index (κ2) is 8.53. The average Bonchev–Trinajstić information content (AvgIpc) is 2.89. The van der Waals surface area contributed by atoms with E-state index in [1.165, 1.54) is 5.56 Å². The molecule has 22 heavy (non-hydrogen) atoms. The Morgan fingerprint density at radius 2 is 1.95 bits per heavy atom. The maximum Gasteiger partial charge on any atom is 0.407 e. The van der Waals surface area contributed by atoms with Gasteiger partial charge in [0.2, 0.25) is 0 Å². The first-order valence-electron chi connectivity index (χ1n) is 7.91. The summed E-state index contributed by atoms with van der Waals surface area (Å²) in [6.45, 7) is 13.6. The van der Waals surface area contributed by atoms with Gasteiger partial charge < -0.3 is 15.4 Å². The van der Waals surface area contributed by atoms with E-state index in [1.54, 1.807) is 11.3 Å². The molecular formula is C17H30N2O2S. The first-order chi connectivity index (χ1) is 10.2. The first-order valence-corrected chi connectivity index (χ1v) is 8.85. The number of hydrogen-bond acceptors (Lipinski definition) is 4. The minimum Gasteiger partial charge on any atom is -0.444 e. The van der Waals surface area contributed by atoms with Gasteiger partial charge in [0.05, 0.1) is 0 Å². The Labute approximate surface area is 138 Å². The molecule has 1 aromatic heterocycles. The number of alkyl carbamates (subject to hydrolysis) is 1. The van der Waals surface area contributed by atoms with Crippen LogP contribution in [-0.4, -0.2) is 24.8 Å². The van der Waals surface area contributed by atoms with Gasteiger partial charge in [0.25, 0.3) is 0 Å². The van der Waals surface area contributed by atoms with Crippen molar-refractivity contribution in [3.05, 3.63) is 22.4 Å². The molecule has 2 unspecified atom stereocenters. The van der Waals surface area contributed by atoms with E-state index >= 15 is 0 Å². The lowest BCUT2D eigenvalue weighted by atomic mass is 9.95. The molecule has 0 aliphatic rings. The van der Waals surface area contributed by atoms with Gasteiger partial charge in [0.1, 0.15) is 5.60 Å². The molecule has 0 saturated heterocycles. The molecule has 1 amide bonds. The molecule has 1 aromatic rings. The standard InChI is InChI=1S/C17H30N2O2S/c1-12(2)15(10-19-16(20)21-17(4,5)6)9-18-13(3)14-7-8-22-11-14/h7-8,11-13,15,18H,9-10H2,1-6H3,(H,19,20). The zero-order valence-corrected chi connectivity index (χ0v) is 15.4. The lowest BCUT2D eigenvalue weighted by molar-refractivity contribution is 0.0514. The molecule has 5 heteroatoms. The molecule has 0 aliphatic carbocycles. The van der Waals surface area contributed by atoms with E-state index in [4.69, 9.17) is 4.74 Å². The summed E-state index contributed by atoms with van der Waals surface area (Å²) in [4.78, 5) is 11.8. The summed E-state index contributed by atoms with van der Waals surface area (Å²) in [6.07, 6.45) is -0.343. The summed E-state index contributed by atoms with van der Waals surface area (Å²) in [5.74, 6) is 0.853. The molecule has 0 fully saturated rings. The molecule has 0 saturated carbocycles. The van der Waals surface area contributed by atoms with Crippen LogP contribution in [0.15, 0.2) is 16.8 Å². The SMILES string of the molecule is CC(NCC(CNC(=O)OC(C)(C)C)C(C)C)c1ccsc1. The summed E-state index contributed by atoms with van der Waals surface area (Å²) >= 11 is 1.71. The Morgan fingerprint density at radius 1 is 1.27 bits per heavy atom. The van der Waals surface area contributed by atoms with Crippen LogP contribution in [0.4, 0.5) is 4.79 Å². The smallest absolute Gasteiger partial charge is 0.407 e. The minimum absolute atomic E-state index is 0.328. The van der Waals surface area contributed by atoms with Gasteiger partial charge in [-0.2, -0.15) is 11.3 Å². The Hall–Kier alpha value is -1.07. The lowest BCUT2D eigenvalue weighted by Crippen LogP contribution is -2.40. The largest absolute Gasteiger partial charge is 0.444 e. The van der Waals surface area contributed by atoms with Crippen molar-refractivity contribution in [1.29, 1.82) is 0 Å². The molecule has 1 heterocycles. The van der Waals surface area contributed by atoms with E-state index in [0.717, 1.165) is 6.54 Å². The molecular weight excluding hydrogens is 296 g/mol. The molecule has 1 rings (SSSR count). The number of nitrogens with one attached hydrogen (secondary N) is 2. The van der Waals surface area contributed by atoms with Crippen molar-refractivity contribution in [3.8, 4) is 0 Å².